The summed E-state index contributed by atoms with van der Waals surface area (Å²) in [4.78, 5) is 14.4. The predicted octanol–water partition coefficient (Wildman–Crippen LogP) is 3.27. The van der Waals surface area contributed by atoms with Crippen LogP contribution >= 0.6 is 0 Å². The lowest BCUT2D eigenvalue weighted by Crippen LogP contribution is -2.47. The van der Waals surface area contributed by atoms with Gasteiger partial charge in [-0.15, -0.1) is 0 Å². The van der Waals surface area contributed by atoms with Crippen LogP contribution in [0.15, 0.2) is 18.2 Å². The second-order valence-corrected chi connectivity index (χ2v) is 6.50. The summed E-state index contributed by atoms with van der Waals surface area (Å²) in [7, 11) is 0. The van der Waals surface area contributed by atoms with Gasteiger partial charge in [0, 0.05) is 25.6 Å². The van der Waals surface area contributed by atoms with E-state index in [4.69, 9.17) is 4.74 Å². The summed E-state index contributed by atoms with van der Waals surface area (Å²) in [6.07, 6.45) is 3.87. The van der Waals surface area contributed by atoms with Crippen molar-refractivity contribution >= 4 is 6.03 Å². The Bertz CT molecular complexity index is 564. The van der Waals surface area contributed by atoms with Gasteiger partial charge in [0.25, 0.3) is 0 Å². The number of benzene rings is 1. The minimum absolute atomic E-state index is 0.0340. The molecule has 1 heterocycles. The van der Waals surface area contributed by atoms with E-state index in [1.807, 2.05) is 17.9 Å². The fourth-order valence-electron chi connectivity index (χ4n) is 3.63. The summed E-state index contributed by atoms with van der Waals surface area (Å²) in [6.45, 7) is 4.96. The fraction of sp³-hybridized carbons (Fsp3) is 0.611. The van der Waals surface area contributed by atoms with E-state index in [-0.39, 0.29) is 17.9 Å². The molecule has 0 unspecified atom stereocenters. The Labute approximate surface area is 137 Å². The first-order valence-electron chi connectivity index (χ1n) is 8.59. The highest BCUT2D eigenvalue weighted by molar-refractivity contribution is 5.75. The van der Waals surface area contributed by atoms with Gasteiger partial charge in [-0.05, 0) is 55.9 Å². The number of ether oxygens (including phenoxy) is 1. The van der Waals surface area contributed by atoms with Crippen molar-refractivity contribution in [2.24, 2.45) is 5.92 Å². The van der Waals surface area contributed by atoms with Crippen molar-refractivity contribution in [2.45, 2.75) is 38.6 Å². The van der Waals surface area contributed by atoms with Crippen LogP contribution in [-0.2, 0) is 11.2 Å². The molecule has 1 aromatic rings. The Kier molecular flexibility index (Phi) is 5.16. The first-order valence-corrected chi connectivity index (χ1v) is 8.59. The van der Waals surface area contributed by atoms with Gasteiger partial charge in [0.2, 0.25) is 0 Å². The Morgan fingerprint density at radius 1 is 1.43 bits per heavy atom. The number of rotatable bonds is 4. The average Bonchev–Trinajstić information content (AvgIpc) is 2.95. The van der Waals surface area contributed by atoms with Crippen molar-refractivity contribution in [1.29, 1.82) is 0 Å². The fourth-order valence-corrected chi connectivity index (χ4v) is 3.63. The third kappa shape index (κ3) is 3.83. The normalized spacial score (nSPS) is 23.7. The van der Waals surface area contributed by atoms with Gasteiger partial charge in [0.05, 0.1) is 12.6 Å². The summed E-state index contributed by atoms with van der Waals surface area (Å²) < 4.78 is 19.0. The van der Waals surface area contributed by atoms with Crippen LogP contribution < -0.4 is 5.32 Å². The minimum Gasteiger partial charge on any atom is -0.381 e. The number of nitrogens with zero attached hydrogens (tertiary/aromatic N) is 1. The van der Waals surface area contributed by atoms with Gasteiger partial charge >= 0.3 is 6.03 Å². The molecule has 1 N–H and O–H groups in total. The molecule has 126 valence electrons. The molecule has 1 fully saturated rings. The van der Waals surface area contributed by atoms with Crippen LogP contribution in [0.2, 0.25) is 0 Å². The standard InChI is InChI=1S/C18H25FN2O2/c1-2-23-12-13-4-3-9-21(11-13)18(22)20-17-8-6-14-5-7-15(19)10-16(14)17/h5,7,10,13,17H,2-4,6,8-9,11-12H2,1H3,(H,20,22)/t13-,17-/m0/s1. The van der Waals surface area contributed by atoms with Crippen LogP contribution in [0.4, 0.5) is 9.18 Å². The SMILES string of the molecule is CCOC[C@H]1CCCN(C(=O)N[C@H]2CCc3ccc(F)cc32)C1. The summed E-state index contributed by atoms with van der Waals surface area (Å²) >= 11 is 0. The van der Waals surface area contributed by atoms with E-state index in [0.717, 1.165) is 56.5 Å². The van der Waals surface area contributed by atoms with Gasteiger partial charge in [-0.3, -0.25) is 0 Å². The zero-order chi connectivity index (χ0) is 16.2. The maximum atomic E-state index is 13.5. The Balaban J connectivity index is 1.59. The highest BCUT2D eigenvalue weighted by Crippen LogP contribution is 2.32. The second-order valence-electron chi connectivity index (χ2n) is 6.50. The third-order valence-electron chi connectivity index (χ3n) is 4.85. The summed E-state index contributed by atoms with van der Waals surface area (Å²) in [6, 6.07) is 4.78. The number of aryl methyl sites for hydroxylation is 1. The van der Waals surface area contributed by atoms with Gasteiger partial charge in [-0.2, -0.15) is 0 Å². The highest BCUT2D eigenvalue weighted by atomic mass is 19.1. The maximum absolute atomic E-state index is 13.5. The number of carbonyl (C=O) groups excluding carboxylic acids is 1. The quantitative estimate of drug-likeness (QED) is 0.925. The number of urea groups is 1. The molecule has 1 saturated heterocycles. The molecule has 2 atom stereocenters. The molecular weight excluding hydrogens is 295 g/mol. The topological polar surface area (TPSA) is 41.6 Å². The molecule has 2 aliphatic rings. The zero-order valence-electron chi connectivity index (χ0n) is 13.7. The monoisotopic (exact) mass is 320 g/mol. The number of carbonyl (C=O) groups is 1. The molecule has 1 aliphatic heterocycles. The van der Waals surface area contributed by atoms with E-state index in [1.165, 1.54) is 6.07 Å². The number of hydrogen-bond acceptors (Lipinski definition) is 2. The molecule has 2 amide bonds. The van der Waals surface area contributed by atoms with E-state index < -0.39 is 0 Å². The molecule has 0 aromatic heterocycles. The highest BCUT2D eigenvalue weighted by Gasteiger charge is 2.28. The number of piperidine rings is 1. The molecule has 0 spiro atoms. The number of nitrogens with one attached hydrogen (secondary N) is 1. The Hall–Kier alpha value is -1.62. The third-order valence-corrected chi connectivity index (χ3v) is 4.85. The molecular formula is C18H25FN2O2. The van der Waals surface area contributed by atoms with Crippen LogP contribution in [0.3, 0.4) is 0 Å². The minimum atomic E-state index is -0.236. The van der Waals surface area contributed by atoms with E-state index in [1.54, 1.807) is 6.07 Å². The van der Waals surface area contributed by atoms with Crippen molar-refractivity contribution in [3.8, 4) is 0 Å². The van der Waals surface area contributed by atoms with E-state index in [0.29, 0.717) is 12.5 Å². The smallest absolute Gasteiger partial charge is 0.317 e. The van der Waals surface area contributed by atoms with Crippen molar-refractivity contribution in [2.75, 3.05) is 26.3 Å². The summed E-state index contributed by atoms with van der Waals surface area (Å²) in [5, 5.41) is 3.09. The molecule has 3 rings (SSSR count). The maximum Gasteiger partial charge on any atom is 0.317 e. The lowest BCUT2D eigenvalue weighted by atomic mass is 9.99. The molecule has 1 aliphatic carbocycles. The van der Waals surface area contributed by atoms with Gasteiger partial charge < -0.3 is 15.0 Å². The van der Waals surface area contributed by atoms with E-state index >= 15 is 0 Å². The van der Waals surface area contributed by atoms with Gasteiger partial charge in [-0.1, -0.05) is 6.07 Å². The molecule has 0 bridgehead atoms. The molecule has 0 radical (unpaired) electrons. The van der Waals surface area contributed by atoms with Gasteiger partial charge in [-0.25, -0.2) is 9.18 Å². The first kappa shape index (κ1) is 16.2. The molecule has 1 aromatic carbocycles. The van der Waals surface area contributed by atoms with Crippen LogP contribution in [0, 0.1) is 11.7 Å². The van der Waals surface area contributed by atoms with Crippen LogP contribution in [0.25, 0.3) is 0 Å². The van der Waals surface area contributed by atoms with Gasteiger partial charge in [0.1, 0.15) is 5.82 Å². The predicted molar refractivity (Wildman–Crippen MR) is 86.8 cm³/mol. The summed E-state index contributed by atoms with van der Waals surface area (Å²) in [5.41, 5.74) is 2.07. The van der Waals surface area contributed by atoms with Crippen LogP contribution in [0.5, 0.6) is 0 Å². The van der Waals surface area contributed by atoms with Crippen molar-refractivity contribution in [3.63, 3.8) is 0 Å². The first-order chi connectivity index (χ1) is 11.2. The van der Waals surface area contributed by atoms with Crippen molar-refractivity contribution < 1.29 is 13.9 Å². The molecule has 5 heteroatoms. The molecule has 0 saturated carbocycles. The average molecular weight is 320 g/mol. The molecule has 4 nitrogen and oxygen atoms in total. The number of amides is 2. The lowest BCUT2D eigenvalue weighted by Gasteiger charge is -2.33. The van der Waals surface area contributed by atoms with Crippen LogP contribution in [-0.4, -0.2) is 37.2 Å². The van der Waals surface area contributed by atoms with Crippen molar-refractivity contribution in [1.82, 2.24) is 10.2 Å². The number of halogens is 1. The zero-order valence-corrected chi connectivity index (χ0v) is 13.7. The van der Waals surface area contributed by atoms with Crippen molar-refractivity contribution in [3.05, 3.63) is 35.1 Å². The molecule has 23 heavy (non-hydrogen) atoms. The number of fused-ring (bicyclic) bond motifs is 1. The van der Waals surface area contributed by atoms with E-state index in [2.05, 4.69) is 5.32 Å². The number of likely N-dealkylation sites (tertiary alicyclic amines) is 1. The lowest BCUT2D eigenvalue weighted by molar-refractivity contribution is 0.0751. The second kappa shape index (κ2) is 7.30. The summed E-state index contributed by atoms with van der Waals surface area (Å²) in [5.74, 6) is 0.183. The number of hydrogen-bond donors (Lipinski definition) is 1. The van der Waals surface area contributed by atoms with E-state index in [9.17, 15) is 9.18 Å². The largest absolute Gasteiger partial charge is 0.381 e. The van der Waals surface area contributed by atoms with Gasteiger partial charge in [0.15, 0.2) is 0 Å². The Morgan fingerprint density at radius 3 is 3.13 bits per heavy atom. The Morgan fingerprint density at radius 2 is 2.30 bits per heavy atom. The van der Waals surface area contributed by atoms with Crippen LogP contribution in [0.1, 0.15) is 43.4 Å².